The topological polar surface area (TPSA) is 115 Å². The van der Waals surface area contributed by atoms with Crippen molar-refractivity contribution >= 4 is 40.6 Å². The fourth-order valence-corrected chi connectivity index (χ4v) is 3.96. The average molecular weight is 393 g/mol. The standard InChI is InChI=1S/C19H19N7OS/c1-9-3-2-4-11-12(9)18(27)26(7-10-5-6-10)17(23-11)15(28)13-14-16(22-8-21-14)25-19(20)24-13/h2-4,8,10,15,28H,5-7H2,1H3,(H3,20,21,22,24,25). The number of nitrogens with one attached hydrogen (secondary N) is 1. The Labute approximate surface area is 165 Å². The Hall–Kier alpha value is -2.94. The first-order valence-corrected chi connectivity index (χ1v) is 9.69. The van der Waals surface area contributed by atoms with Crippen LogP contribution >= 0.6 is 12.6 Å². The highest BCUT2D eigenvalue weighted by Crippen LogP contribution is 2.34. The molecular weight excluding hydrogens is 374 g/mol. The van der Waals surface area contributed by atoms with Crippen LogP contribution in [0.1, 0.15) is 35.2 Å². The third kappa shape index (κ3) is 2.73. The first kappa shape index (κ1) is 17.2. The van der Waals surface area contributed by atoms with Gasteiger partial charge in [-0.05, 0) is 37.3 Å². The molecule has 1 saturated carbocycles. The van der Waals surface area contributed by atoms with E-state index in [1.165, 1.54) is 6.33 Å². The molecule has 3 aromatic heterocycles. The maximum atomic E-state index is 13.4. The van der Waals surface area contributed by atoms with Crippen molar-refractivity contribution in [1.82, 2.24) is 29.5 Å². The van der Waals surface area contributed by atoms with Gasteiger partial charge in [0.15, 0.2) is 5.65 Å². The number of fused-ring (bicyclic) bond motifs is 2. The van der Waals surface area contributed by atoms with Crippen molar-refractivity contribution in [1.29, 1.82) is 0 Å². The molecule has 0 amide bonds. The van der Waals surface area contributed by atoms with Crippen molar-refractivity contribution in [3.63, 3.8) is 0 Å². The number of aromatic nitrogens is 6. The summed E-state index contributed by atoms with van der Waals surface area (Å²) in [6.07, 6.45) is 3.79. The van der Waals surface area contributed by atoms with Crippen molar-refractivity contribution in [2.75, 3.05) is 5.73 Å². The van der Waals surface area contributed by atoms with Crippen LogP contribution in [0, 0.1) is 12.8 Å². The molecule has 3 heterocycles. The summed E-state index contributed by atoms with van der Waals surface area (Å²) in [5, 5.41) is 0.0898. The van der Waals surface area contributed by atoms with Gasteiger partial charge in [0.05, 0.1) is 22.9 Å². The van der Waals surface area contributed by atoms with Crippen LogP contribution in [0.3, 0.4) is 0 Å². The van der Waals surface area contributed by atoms with Gasteiger partial charge in [-0.25, -0.2) is 15.0 Å². The minimum absolute atomic E-state index is 0.0376. The molecule has 1 aromatic carbocycles. The third-order valence-corrected chi connectivity index (χ3v) is 5.66. The van der Waals surface area contributed by atoms with Gasteiger partial charge in [0.1, 0.15) is 16.6 Å². The van der Waals surface area contributed by atoms with Crippen LogP contribution < -0.4 is 11.3 Å². The zero-order chi connectivity index (χ0) is 19.4. The maximum Gasteiger partial charge on any atom is 0.261 e. The monoisotopic (exact) mass is 393 g/mol. The lowest BCUT2D eigenvalue weighted by Crippen LogP contribution is -2.28. The predicted octanol–water partition coefficient (Wildman–Crippen LogP) is 2.38. The van der Waals surface area contributed by atoms with E-state index in [1.807, 2.05) is 25.1 Å². The molecule has 9 heteroatoms. The molecule has 142 valence electrons. The van der Waals surface area contributed by atoms with E-state index in [0.29, 0.717) is 46.0 Å². The van der Waals surface area contributed by atoms with Gasteiger partial charge >= 0.3 is 0 Å². The fourth-order valence-electron chi connectivity index (χ4n) is 3.58. The van der Waals surface area contributed by atoms with Crippen LogP contribution in [0.2, 0.25) is 0 Å². The summed E-state index contributed by atoms with van der Waals surface area (Å²) in [5.74, 6) is 1.18. The summed E-state index contributed by atoms with van der Waals surface area (Å²) in [7, 11) is 0. The SMILES string of the molecule is Cc1cccc2nc(C(S)c3nc(N)nc4[nH]cnc34)n(CC3CC3)c(=O)c12. The van der Waals surface area contributed by atoms with E-state index in [2.05, 4.69) is 19.9 Å². The zero-order valence-corrected chi connectivity index (χ0v) is 16.1. The lowest BCUT2D eigenvalue weighted by molar-refractivity contribution is 0.572. The van der Waals surface area contributed by atoms with Gasteiger partial charge in [-0.2, -0.15) is 17.6 Å². The molecule has 0 saturated heterocycles. The Morgan fingerprint density at radius 2 is 2.14 bits per heavy atom. The van der Waals surface area contributed by atoms with Crippen LogP contribution in [0.25, 0.3) is 22.1 Å². The lowest BCUT2D eigenvalue weighted by Gasteiger charge is -2.18. The van der Waals surface area contributed by atoms with Crippen molar-refractivity contribution < 1.29 is 0 Å². The van der Waals surface area contributed by atoms with Gasteiger partial charge in [-0.1, -0.05) is 12.1 Å². The number of nitrogen functional groups attached to an aromatic ring is 1. The van der Waals surface area contributed by atoms with E-state index in [9.17, 15) is 4.79 Å². The minimum Gasteiger partial charge on any atom is -0.368 e. The molecule has 1 atom stereocenters. The number of aromatic amines is 1. The molecule has 0 bridgehead atoms. The first-order valence-electron chi connectivity index (χ1n) is 9.17. The highest BCUT2D eigenvalue weighted by molar-refractivity contribution is 7.80. The molecule has 1 aliphatic rings. The Kier molecular flexibility index (Phi) is 3.87. The third-order valence-electron chi connectivity index (χ3n) is 5.19. The molecule has 5 rings (SSSR count). The van der Waals surface area contributed by atoms with Gasteiger partial charge in [-0.3, -0.25) is 9.36 Å². The van der Waals surface area contributed by atoms with E-state index in [0.717, 1.165) is 18.4 Å². The summed E-state index contributed by atoms with van der Waals surface area (Å²) in [6, 6.07) is 5.69. The van der Waals surface area contributed by atoms with E-state index in [-0.39, 0.29) is 11.5 Å². The first-order chi connectivity index (χ1) is 13.5. The molecule has 0 aliphatic heterocycles. The normalized spacial score (nSPS) is 15.4. The van der Waals surface area contributed by atoms with Crippen LogP contribution in [0.5, 0.6) is 0 Å². The molecule has 3 N–H and O–H groups in total. The number of hydrogen-bond donors (Lipinski definition) is 3. The number of H-pyrrole nitrogens is 1. The number of nitrogens with two attached hydrogens (primary N) is 1. The Bertz CT molecular complexity index is 1270. The summed E-state index contributed by atoms with van der Waals surface area (Å²) >= 11 is 4.80. The molecule has 1 fully saturated rings. The number of rotatable bonds is 4. The zero-order valence-electron chi connectivity index (χ0n) is 15.3. The van der Waals surface area contributed by atoms with Crippen molar-refractivity contribution in [3.05, 3.63) is 52.0 Å². The van der Waals surface area contributed by atoms with Crippen LogP contribution in [-0.2, 0) is 6.54 Å². The predicted molar refractivity (Wildman–Crippen MR) is 110 cm³/mol. The Morgan fingerprint density at radius 1 is 1.32 bits per heavy atom. The van der Waals surface area contributed by atoms with Gasteiger partial charge in [0, 0.05) is 6.54 Å². The fraction of sp³-hybridized carbons (Fsp3) is 0.316. The smallest absolute Gasteiger partial charge is 0.261 e. The van der Waals surface area contributed by atoms with E-state index >= 15 is 0 Å². The number of nitrogens with zero attached hydrogens (tertiary/aromatic N) is 5. The number of hydrogen-bond acceptors (Lipinski definition) is 7. The van der Waals surface area contributed by atoms with E-state index in [4.69, 9.17) is 23.3 Å². The summed E-state index contributed by atoms with van der Waals surface area (Å²) in [6.45, 7) is 2.57. The van der Waals surface area contributed by atoms with Crippen molar-refractivity contribution in [2.45, 2.75) is 31.6 Å². The molecule has 0 radical (unpaired) electrons. The van der Waals surface area contributed by atoms with Crippen molar-refractivity contribution in [3.8, 4) is 0 Å². The largest absolute Gasteiger partial charge is 0.368 e. The molecule has 0 spiro atoms. The Balaban J connectivity index is 1.77. The number of benzene rings is 1. The molecular formula is C19H19N7OS. The number of thiol groups is 1. The second-order valence-corrected chi connectivity index (χ2v) is 7.78. The summed E-state index contributed by atoms with van der Waals surface area (Å²) in [5.41, 5.74) is 9.06. The average Bonchev–Trinajstić information content (AvgIpc) is 3.37. The Morgan fingerprint density at radius 3 is 2.93 bits per heavy atom. The van der Waals surface area contributed by atoms with Crippen molar-refractivity contribution in [2.24, 2.45) is 5.92 Å². The molecule has 28 heavy (non-hydrogen) atoms. The molecule has 4 aromatic rings. The van der Waals surface area contributed by atoms with Crippen LogP contribution in [0.4, 0.5) is 5.95 Å². The molecule has 1 aliphatic carbocycles. The minimum atomic E-state index is -0.563. The van der Waals surface area contributed by atoms with Crippen LogP contribution in [-0.4, -0.2) is 29.5 Å². The molecule has 8 nitrogen and oxygen atoms in total. The van der Waals surface area contributed by atoms with Crippen LogP contribution in [0.15, 0.2) is 29.3 Å². The number of anilines is 1. The second kappa shape index (κ2) is 6.30. The lowest BCUT2D eigenvalue weighted by atomic mass is 10.1. The summed E-state index contributed by atoms with van der Waals surface area (Å²) < 4.78 is 1.75. The van der Waals surface area contributed by atoms with E-state index < -0.39 is 5.25 Å². The quantitative estimate of drug-likeness (QED) is 0.459. The summed E-state index contributed by atoms with van der Waals surface area (Å²) in [4.78, 5) is 34.0. The highest BCUT2D eigenvalue weighted by Gasteiger charge is 2.28. The second-order valence-electron chi connectivity index (χ2n) is 7.27. The number of aryl methyl sites for hydroxylation is 1. The highest BCUT2D eigenvalue weighted by atomic mass is 32.1. The van der Waals surface area contributed by atoms with Gasteiger partial charge in [-0.15, -0.1) is 0 Å². The van der Waals surface area contributed by atoms with Gasteiger partial charge < -0.3 is 10.7 Å². The van der Waals surface area contributed by atoms with E-state index in [1.54, 1.807) is 4.57 Å². The molecule has 1 unspecified atom stereocenters. The maximum absolute atomic E-state index is 13.4. The number of imidazole rings is 1. The van der Waals surface area contributed by atoms with Gasteiger partial charge in [0.25, 0.3) is 5.56 Å². The van der Waals surface area contributed by atoms with Gasteiger partial charge in [0.2, 0.25) is 5.95 Å².